The van der Waals surface area contributed by atoms with Gasteiger partial charge in [0.15, 0.2) is 5.96 Å². The Morgan fingerprint density at radius 3 is 2.56 bits per heavy atom. The number of rotatable bonds is 8. The van der Waals surface area contributed by atoms with Crippen LogP contribution < -0.4 is 11.1 Å². The third-order valence-corrected chi connectivity index (χ3v) is 5.97. The minimum atomic E-state index is -0.570. The van der Waals surface area contributed by atoms with Gasteiger partial charge in [0.25, 0.3) is 5.91 Å². The number of hydrogen-bond donors (Lipinski definition) is 2. The second kappa shape index (κ2) is 9.77. The molecule has 0 aromatic heterocycles. The Labute approximate surface area is 188 Å². The van der Waals surface area contributed by atoms with E-state index in [9.17, 15) is 14.0 Å². The monoisotopic (exact) mass is 436 g/mol. The lowest BCUT2D eigenvalue weighted by Crippen LogP contribution is -2.50. The van der Waals surface area contributed by atoms with Gasteiger partial charge in [-0.05, 0) is 42.2 Å². The molecule has 3 rings (SSSR count). The Bertz CT molecular complexity index is 1030. The van der Waals surface area contributed by atoms with Crippen molar-refractivity contribution in [2.45, 2.75) is 51.2 Å². The highest BCUT2D eigenvalue weighted by Crippen LogP contribution is 2.30. The zero-order valence-corrected chi connectivity index (χ0v) is 18.5. The predicted molar refractivity (Wildman–Crippen MR) is 123 cm³/mol. The number of aliphatic imine (C=N–C) groups is 1. The van der Waals surface area contributed by atoms with Crippen LogP contribution in [0, 0.1) is 5.82 Å². The lowest BCUT2D eigenvalue weighted by atomic mass is 9.88. The summed E-state index contributed by atoms with van der Waals surface area (Å²) in [6.07, 6.45) is 3.28. The molecule has 0 unspecified atom stereocenters. The zero-order chi connectivity index (χ0) is 23.3. The van der Waals surface area contributed by atoms with Crippen molar-refractivity contribution < 1.29 is 14.0 Å². The van der Waals surface area contributed by atoms with E-state index in [-0.39, 0.29) is 30.4 Å². The van der Waals surface area contributed by atoms with Crippen LogP contribution in [0.25, 0.3) is 0 Å². The first-order valence-corrected chi connectivity index (χ1v) is 10.7. The number of carbonyl (C=O) groups is 2. The van der Waals surface area contributed by atoms with Crippen LogP contribution >= 0.6 is 0 Å². The summed E-state index contributed by atoms with van der Waals surface area (Å²) >= 11 is 0. The van der Waals surface area contributed by atoms with Crippen LogP contribution in [0.15, 0.2) is 66.2 Å². The molecule has 0 bridgehead atoms. The van der Waals surface area contributed by atoms with E-state index in [1.807, 2.05) is 44.2 Å². The fourth-order valence-corrected chi connectivity index (χ4v) is 3.89. The molecular weight excluding hydrogens is 407 g/mol. The summed E-state index contributed by atoms with van der Waals surface area (Å²) in [5.74, 6) is -1.05. The van der Waals surface area contributed by atoms with Crippen LogP contribution in [-0.4, -0.2) is 28.2 Å². The van der Waals surface area contributed by atoms with Crippen LogP contribution in [-0.2, 0) is 11.3 Å². The average molecular weight is 437 g/mol. The highest BCUT2D eigenvalue weighted by atomic mass is 19.1. The van der Waals surface area contributed by atoms with E-state index in [1.54, 1.807) is 12.1 Å². The van der Waals surface area contributed by atoms with Gasteiger partial charge in [-0.3, -0.25) is 14.5 Å². The number of nitrogens with two attached hydrogens (primary N) is 1. The third-order valence-electron chi connectivity index (χ3n) is 5.97. The van der Waals surface area contributed by atoms with Gasteiger partial charge in [0.1, 0.15) is 5.82 Å². The fourth-order valence-electron chi connectivity index (χ4n) is 3.89. The number of nitrogens with one attached hydrogen (secondary N) is 1. The standard InChI is InChI=1S/C25H29FN4O2/c1-4-21(18-10-8-7-9-11-18)28-23(32)19-12-17(13-20(26)14-19)16-30-22(31)15-25(5-2,6-3)29-24(30)27/h4,7-14,21H,1,5-6,15-16H2,2-3H3,(H2,27,29)(H,28,32)/t21-/m0/s1. The van der Waals surface area contributed by atoms with Crippen LogP contribution in [0.2, 0.25) is 0 Å². The maximum absolute atomic E-state index is 14.3. The van der Waals surface area contributed by atoms with Crippen molar-refractivity contribution in [3.8, 4) is 0 Å². The Kier molecular flexibility index (Phi) is 7.08. The number of guanidine groups is 1. The van der Waals surface area contributed by atoms with Gasteiger partial charge in [-0.25, -0.2) is 9.38 Å². The smallest absolute Gasteiger partial charge is 0.252 e. The molecule has 2 aromatic carbocycles. The van der Waals surface area contributed by atoms with Crippen LogP contribution in [0.4, 0.5) is 4.39 Å². The normalized spacial score (nSPS) is 16.3. The number of halogens is 1. The molecular formula is C25H29FN4O2. The average Bonchev–Trinajstić information content (AvgIpc) is 2.79. The van der Waals surface area contributed by atoms with Gasteiger partial charge in [0.2, 0.25) is 5.91 Å². The maximum atomic E-state index is 14.3. The number of benzene rings is 2. The molecule has 6 nitrogen and oxygen atoms in total. The number of nitrogens with zero attached hydrogens (tertiary/aromatic N) is 2. The lowest BCUT2D eigenvalue weighted by molar-refractivity contribution is -0.130. The Balaban J connectivity index is 1.81. The van der Waals surface area contributed by atoms with E-state index in [2.05, 4.69) is 16.9 Å². The summed E-state index contributed by atoms with van der Waals surface area (Å²) in [6.45, 7) is 7.78. The molecule has 3 N–H and O–H groups in total. The highest BCUT2D eigenvalue weighted by Gasteiger charge is 2.37. The van der Waals surface area contributed by atoms with E-state index < -0.39 is 23.3 Å². The van der Waals surface area contributed by atoms with Crippen molar-refractivity contribution in [2.75, 3.05) is 0 Å². The molecule has 0 spiro atoms. The summed E-state index contributed by atoms with van der Waals surface area (Å²) in [7, 11) is 0. The molecule has 168 valence electrons. The van der Waals surface area contributed by atoms with E-state index in [4.69, 9.17) is 5.73 Å². The molecule has 1 heterocycles. The molecule has 0 saturated carbocycles. The van der Waals surface area contributed by atoms with Crippen molar-refractivity contribution in [1.82, 2.24) is 10.2 Å². The van der Waals surface area contributed by atoms with Crippen LogP contribution in [0.1, 0.15) is 60.6 Å². The van der Waals surface area contributed by atoms with Gasteiger partial charge < -0.3 is 11.1 Å². The predicted octanol–water partition coefficient (Wildman–Crippen LogP) is 4.09. The molecule has 2 amide bonds. The summed E-state index contributed by atoms with van der Waals surface area (Å²) in [6, 6.07) is 13.0. The Morgan fingerprint density at radius 2 is 1.97 bits per heavy atom. The highest BCUT2D eigenvalue weighted by molar-refractivity contribution is 5.99. The van der Waals surface area contributed by atoms with Gasteiger partial charge in [-0.2, -0.15) is 0 Å². The minimum Gasteiger partial charge on any atom is -0.369 e. The second-order valence-electron chi connectivity index (χ2n) is 8.00. The quantitative estimate of drug-likeness (QED) is 0.611. The molecule has 0 radical (unpaired) electrons. The first kappa shape index (κ1) is 23.2. The lowest BCUT2D eigenvalue weighted by Gasteiger charge is -2.36. The number of amides is 2. The third kappa shape index (κ3) is 5.04. The van der Waals surface area contributed by atoms with E-state index in [0.717, 1.165) is 5.56 Å². The topological polar surface area (TPSA) is 87.8 Å². The number of hydrogen-bond acceptors (Lipinski definition) is 4. The summed E-state index contributed by atoms with van der Waals surface area (Å²) in [5, 5.41) is 2.85. The molecule has 1 atom stereocenters. The summed E-state index contributed by atoms with van der Waals surface area (Å²) in [4.78, 5) is 31.5. The maximum Gasteiger partial charge on any atom is 0.252 e. The fraction of sp³-hybridized carbons (Fsp3) is 0.320. The molecule has 1 aliphatic rings. The first-order chi connectivity index (χ1) is 15.3. The molecule has 7 heteroatoms. The van der Waals surface area contributed by atoms with Crippen molar-refractivity contribution in [2.24, 2.45) is 10.7 Å². The van der Waals surface area contributed by atoms with Gasteiger partial charge in [-0.1, -0.05) is 50.3 Å². The van der Waals surface area contributed by atoms with Crippen molar-refractivity contribution in [3.63, 3.8) is 0 Å². The van der Waals surface area contributed by atoms with Gasteiger partial charge in [0, 0.05) is 5.56 Å². The molecule has 1 aliphatic heterocycles. The van der Waals surface area contributed by atoms with Crippen molar-refractivity contribution in [3.05, 3.63) is 83.7 Å². The molecule has 0 fully saturated rings. The van der Waals surface area contributed by atoms with Gasteiger partial charge in [0.05, 0.1) is 24.5 Å². The molecule has 32 heavy (non-hydrogen) atoms. The van der Waals surface area contributed by atoms with E-state index >= 15 is 0 Å². The van der Waals surface area contributed by atoms with Crippen molar-refractivity contribution >= 4 is 17.8 Å². The molecule has 2 aromatic rings. The first-order valence-electron chi connectivity index (χ1n) is 10.7. The Morgan fingerprint density at radius 1 is 1.28 bits per heavy atom. The van der Waals surface area contributed by atoms with E-state index in [0.29, 0.717) is 18.4 Å². The van der Waals surface area contributed by atoms with Crippen molar-refractivity contribution in [1.29, 1.82) is 0 Å². The van der Waals surface area contributed by atoms with Gasteiger partial charge in [-0.15, -0.1) is 6.58 Å². The summed E-state index contributed by atoms with van der Waals surface area (Å²) in [5.41, 5.74) is 7.09. The largest absolute Gasteiger partial charge is 0.369 e. The zero-order valence-electron chi connectivity index (χ0n) is 18.5. The molecule has 0 saturated heterocycles. The second-order valence-corrected chi connectivity index (χ2v) is 8.00. The minimum absolute atomic E-state index is 0.0410. The molecule has 0 aliphatic carbocycles. The number of carbonyl (C=O) groups excluding carboxylic acids is 2. The van der Waals surface area contributed by atoms with E-state index in [1.165, 1.54) is 17.0 Å². The summed E-state index contributed by atoms with van der Waals surface area (Å²) < 4.78 is 14.3. The van der Waals surface area contributed by atoms with Crippen LogP contribution in [0.5, 0.6) is 0 Å². The van der Waals surface area contributed by atoms with Crippen LogP contribution in [0.3, 0.4) is 0 Å². The Hall–Kier alpha value is -3.48. The SMILES string of the molecule is C=C[C@H](NC(=O)c1cc(F)cc(CN2C(=O)CC(CC)(CC)N=C2N)c1)c1ccccc1. The van der Waals surface area contributed by atoms with Gasteiger partial charge >= 0.3 is 0 Å².